The minimum atomic E-state index is -1.15. The van der Waals surface area contributed by atoms with Gasteiger partial charge in [0.1, 0.15) is 5.60 Å². The van der Waals surface area contributed by atoms with E-state index in [9.17, 15) is 9.90 Å². The van der Waals surface area contributed by atoms with Gasteiger partial charge < -0.3 is 5.11 Å². The molecule has 2 heteroatoms. The van der Waals surface area contributed by atoms with Crippen LogP contribution >= 0.6 is 0 Å². The van der Waals surface area contributed by atoms with Crippen molar-refractivity contribution in [2.24, 2.45) is 0 Å². The number of allylic oxidation sites excluding steroid dienone is 1. The summed E-state index contributed by atoms with van der Waals surface area (Å²) in [4.78, 5) is 11.2. The molecule has 0 aliphatic heterocycles. The normalized spacial score (nSPS) is 11.3. The van der Waals surface area contributed by atoms with E-state index in [0.29, 0.717) is 6.42 Å². The number of unbranched alkanes of at least 4 members (excludes halogenated alkanes) is 3. The molecule has 0 saturated carbocycles. The molecular formula is C11H20O2. The Morgan fingerprint density at radius 3 is 2.46 bits per heavy atom. The Labute approximate surface area is 80.7 Å². The lowest BCUT2D eigenvalue weighted by Gasteiger charge is -2.14. The molecule has 0 rings (SSSR count). The molecule has 0 amide bonds. The van der Waals surface area contributed by atoms with Gasteiger partial charge in [-0.2, -0.15) is 0 Å². The van der Waals surface area contributed by atoms with Crippen molar-refractivity contribution in [2.75, 3.05) is 0 Å². The molecule has 0 aromatic heterocycles. The Morgan fingerprint density at radius 2 is 2.00 bits per heavy atom. The Kier molecular flexibility index (Phi) is 5.63. The predicted octanol–water partition coefficient (Wildman–Crippen LogP) is 2.46. The number of aliphatic hydroxyl groups is 1. The van der Waals surface area contributed by atoms with E-state index in [2.05, 4.69) is 6.58 Å². The molecule has 13 heavy (non-hydrogen) atoms. The smallest absolute Gasteiger partial charge is 0.163 e. The van der Waals surface area contributed by atoms with Crippen LogP contribution in [0.2, 0.25) is 0 Å². The third-order valence-electron chi connectivity index (χ3n) is 1.99. The first-order valence-corrected chi connectivity index (χ1v) is 4.85. The van der Waals surface area contributed by atoms with E-state index in [1.807, 2.05) is 6.08 Å². The lowest BCUT2D eigenvalue weighted by molar-refractivity contribution is -0.134. The third-order valence-corrected chi connectivity index (χ3v) is 1.99. The number of carbonyl (C=O) groups excluding carboxylic acids is 1. The van der Waals surface area contributed by atoms with Crippen molar-refractivity contribution < 1.29 is 9.90 Å². The molecule has 0 fully saturated rings. The molecule has 0 bridgehead atoms. The topological polar surface area (TPSA) is 37.3 Å². The summed E-state index contributed by atoms with van der Waals surface area (Å²) in [6, 6.07) is 0. The van der Waals surface area contributed by atoms with E-state index in [1.165, 1.54) is 0 Å². The molecule has 0 atom stereocenters. The molecule has 0 unspecified atom stereocenters. The predicted molar refractivity (Wildman–Crippen MR) is 54.6 cm³/mol. The zero-order valence-corrected chi connectivity index (χ0v) is 8.68. The lowest BCUT2D eigenvalue weighted by atomic mass is 9.98. The number of hydrogen-bond acceptors (Lipinski definition) is 2. The number of rotatable bonds is 7. The fourth-order valence-corrected chi connectivity index (χ4v) is 1.06. The molecule has 0 radical (unpaired) electrons. The third kappa shape index (κ3) is 6.52. The van der Waals surface area contributed by atoms with Crippen molar-refractivity contribution in [3.63, 3.8) is 0 Å². The Morgan fingerprint density at radius 1 is 1.38 bits per heavy atom. The van der Waals surface area contributed by atoms with Gasteiger partial charge in [-0.15, -0.1) is 6.58 Å². The van der Waals surface area contributed by atoms with Crippen LogP contribution in [0, 0.1) is 0 Å². The summed E-state index contributed by atoms with van der Waals surface area (Å²) in [5.74, 6) is -0.0638. The fourth-order valence-electron chi connectivity index (χ4n) is 1.06. The van der Waals surface area contributed by atoms with Crippen LogP contribution in [-0.2, 0) is 4.79 Å². The quantitative estimate of drug-likeness (QED) is 0.487. The van der Waals surface area contributed by atoms with Crippen molar-refractivity contribution in [2.45, 2.75) is 51.6 Å². The Hall–Kier alpha value is -0.630. The van der Waals surface area contributed by atoms with Crippen LogP contribution in [0.5, 0.6) is 0 Å². The van der Waals surface area contributed by atoms with Gasteiger partial charge in [0.25, 0.3) is 0 Å². The molecule has 2 nitrogen and oxygen atoms in total. The largest absolute Gasteiger partial charge is 0.383 e. The summed E-state index contributed by atoms with van der Waals surface area (Å²) < 4.78 is 0. The zero-order chi connectivity index (χ0) is 10.3. The van der Waals surface area contributed by atoms with Crippen LogP contribution in [0.15, 0.2) is 12.7 Å². The number of Topliss-reactive ketones (excluding diaryl/α,β-unsaturated/α-hetero) is 1. The average molecular weight is 184 g/mol. The summed E-state index contributed by atoms with van der Waals surface area (Å²) >= 11 is 0. The van der Waals surface area contributed by atoms with Gasteiger partial charge in [0.15, 0.2) is 5.78 Å². The van der Waals surface area contributed by atoms with Crippen molar-refractivity contribution >= 4 is 5.78 Å². The van der Waals surface area contributed by atoms with Gasteiger partial charge >= 0.3 is 0 Å². The molecule has 0 saturated heterocycles. The van der Waals surface area contributed by atoms with Gasteiger partial charge in [-0.3, -0.25) is 4.79 Å². The van der Waals surface area contributed by atoms with Gasteiger partial charge in [-0.1, -0.05) is 12.5 Å². The zero-order valence-electron chi connectivity index (χ0n) is 8.68. The Balaban J connectivity index is 3.43. The maximum atomic E-state index is 11.2. The molecule has 0 aromatic carbocycles. The molecule has 0 aromatic rings. The van der Waals surface area contributed by atoms with Crippen LogP contribution in [0.3, 0.4) is 0 Å². The minimum absolute atomic E-state index is 0.0638. The van der Waals surface area contributed by atoms with E-state index >= 15 is 0 Å². The van der Waals surface area contributed by atoms with Gasteiger partial charge in [0.05, 0.1) is 0 Å². The molecule has 0 spiro atoms. The molecule has 0 aliphatic carbocycles. The van der Waals surface area contributed by atoms with Gasteiger partial charge in [-0.25, -0.2) is 0 Å². The molecule has 0 heterocycles. The first kappa shape index (κ1) is 12.4. The summed E-state index contributed by atoms with van der Waals surface area (Å²) in [5, 5.41) is 9.32. The molecular weight excluding hydrogens is 164 g/mol. The van der Waals surface area contributed by atoms with E-state index in [-0.39, 0.29) is 5.78 Å². The molecule has 76 valence electrons. The number of ketones is 1. The van der Waals surface area contributed by atoms with Gasteiger partial charge in [0.2, 0.25) is 0 Å². The molecule has 1 N–H and O–H groups in total. The van der Waals surface area contributed by atoms with E-state index < -0.39 is 5.60 Å². The maximum absolute atomic E-state index is 11.2. The van der Waals surface area contributed by atoms with Crippen molar-refractivity contribution in [1.29, 1.82) is 0 Å². The monoisotopic (exact) mass is 184 g/mol. The SMILES string of the molecule is C=CCCCCCC(=O)C(C)(C)O. The van der Waals surface area contributed by atoms with Crippen LogP contribution in [-0.4, -0.2) is 16.5 Å². The fraction of sp³-hybridized carbons (Fsp3) is 0.727. The Bertz CT molecular complexity index is 165. The van der Waals surface area contributed by atoms with E-state index in [0.717, 1.165) is 25.7 Å². The highest BCUT2D eigenvalue weighted by Gasteiger charge is 2.22. The summed E-state index contributed by atoms with van der Waals surface area (Å²) in [6.07, 6.45) is 6.38. The van der Waals surface area contributed by atoms with Crippen LogP contribution in [0.4, 0.5) is 0 Å². The lowest BCUT2D eigenvalue weighted by Crippen LogP contribution is -2.30. The van der Waals surface area contributed by atoms with Gasteiger partial charge in [0, 0.05) is 6.42 Å². The average Bonchev–Trinajstić information content (AvgIpc) is 2.02. The summed E-state index contributed by atoms with van der Waals surface area (Å²) in [6.45, 7) is 6.71. The second-order valence-corrected chi connectivity index (χ2v) is 3.87. The minimum Gasteiger partial charge on any atom is -0.383 e. The van der Waals surface area contributed by atoms with E-state index in [1.54, 1.807) is 13.8 Å². The van der Waals surface area contributed by atoms with E-state index in [4.69, 9.17) is 0 Å². The standard InChI is InChI=1S/C11H20O2/c1-4-5-6-7-8-9-10(12)11(2,3)13/h4,13H,1,5-9H2,2-3H3. The highest BCUT2D eigenvalue weighted by molar-refractivity contribution is 5.86. The second-order valence-electron chi connectivity index (χ2n) is 3.87. The first-order valence-electron chi connectivity index (χ1n) is 4.85. The number of carbonyl (C=O) groups is 1. The van der Waals surface area contributed by atoms with Crippen molar-refractivity contribution in [1.82, 2.24) is 0 Å². The second kappa shape index (κ2) is 5.92. The van der Waals surface area contributed by atoms with Gasteiger partial charge in [-0.05, 0) is 33.1 Å². The number of hydrogen-bond donors (Lipinski definition) is 1. The van der Waals surface area contributed by atoms with Crippen molar-refractivity contribution in [3.8, 4) is 0 Å². The van der Waals surface area contributed by atoms with Crippen LogP contribution in [0.1, 0.15) is 46.0 Å². The van der Waals surface area contributed by atoms with Crippen molar-refractivity contribution in [3.05, 3.63) is 12.7 Å². The van der Waals surface area contributed by atoms with Crippen LogP contribution < -0.4 is 0 Å². The molecule has 0 aliphatic rings. The van der Waals surface area contributed by atoms with Crippen LogP contribution in [0.25, 0.3) is 0 Å². The summed E-state index contributed by atoms with van der Waals surface area (Å²) in [5.41, 5.74) is -1.15. The maximum Gasteiger partial charge on any atom is 0.163 e. The summed E-state index contributed by atoms with van der Waals surface area (Å²) in [7, 11) is 0. The first-order chi connectivity index (χ1) is 5.98. The highest BCUT2D eigenvalue weighted by atomic mass is 16.3. The highest BCUT2D eigenvalue weighted by Crippen LogP contribution is 2.10.